The number of allylic oxidation sites excluding steroid dienone is 1. The molecule has 0 spiro atoms. The Hall–Kier alpha value is 0.350. The highest BCUT2D eigenvalue weighted by Crippen LogP contribution is 2.53. The highest BCUT2D eigenvalue weighted by molar-refractivity contribution is 14.1. The summed E-state index contributed by atoms with van der Waals surface area (Å²) >= 11 is 2.19. The van der Waals surface area contributed by atoms with Crippen LogP contribution < -0.4 is 0 Å². The van der Waals surface area contributed by atoms with Crippen molar-refractivity contribution in [2.75, 3.05) is 27.1 Å². The summed E-state index contributed by atoms with van der Waals surface area (Å²) in [7, 11) is 1.60. The van der Waals surface area contributed by atoms with Crippen LogP contribution in [0.4, 0.5) is 0 Å². The minimum atomic E-state index is -0.0276. The van der Waals surface area contributed by atoms with Crippen LogP contribution >= 0.6 is 22.6 Å². The largest absolute Gasteiger partial charge is 0.396 e. The van der Waals surface area contributed by atoms with Crippen LogP contribution in [0.3, 0.4) is 0 Å². The van der Waals surface area contributed by atoms with Crippen LogP contribution in [0.5, 0.6) is 0 Å². The number of halogens is 1. The molecule has 1 saturated carbocycles. The van der Waals surface area contributed by atoms with Crippen LogP contribution in [0.2, 0.25) is 0 Å². The molecule has 1 rings (SSSR count). The molecule has 13 heavy (non-hydrogen) atoms. The van der Waals surface area contributed by atoms with Crippen molar-refractivity contribution in [3.8, 4) is 0 Å². The Morgan fingerprint density at radius 3 is 3.00 bits per heavy atom. The lowest BCUT2D eigenvalue weighted by atomic mass is 10.1. The van der Waals surface area contributed by atoms with Crippen molar-refractivity contribution in [3.05, 3.63) is 10.2 Å². The van der Waals surface area contributed by atoms with E-state index in [0.29, 0.717) is 19.3 Å². The summed E-state index contributed by atoms with van der Waals surface area (Å²) in [6, 6.07) is 0. The predicted molar refractivity (Wildman–Crippen MR) is 58.6 cm³/mol. The lowest BCUT2D eigenvalue weighted by molar-refractivity contribution is -0.0557. The van der Waals surface area contributed by atoms with Crippen molar-refractivity contribution in [3.63, 3.8) is 0 Å². The molecule has 1 fully saturated rings. The summed E-state index contributed by atoms with van der Waals surface area (Å²) in [5.74, 6) is 0.478. The lowest BCUT2D eigenvalue weighted by Crippen LogP contribution is -2.18. The molecule has 0 radical (unpaired) electrons. The quantitative estimate of drug-likeness (QED) is 0.459. The van der Waals surface area contributed by atoms with Gasteiger partial charge >= 0.3 is 0 Å². The molecule has 0 aliphatic heterocycles. The maximum Gasteiger partial charge on any atom is 0.146 e. The van der Waals surface area contributed by atoms with Gasteiger partial charge in [0, 0.05) is 12.5 Å². The second-order valence-electron chi connectivity index (χ2n) is 3.40. The van der Waals surface area contributed by atoms with E-state index in [1.807, 2.05) is 4.08 Å². The SMILES string of the molecule is COCOCC1(CO)CC1/C=C/I. The zero-order valence-electron chi connectivity index (χ0n) is 7.70. The molecule has 0 heterocycles. The molecule has 0 amide bonds. The Balaban J connectivity index is 2.28. The minimum Gasteiger partial charge on any atom is -0.396 e. The molecule has 1 aliphatic rings. The van der Waals surface area contributed by atoms with E-state index in [9.17, 15) is 5.11 Å². The van der Waals surface area contributed by atoms with Gasteiger partial charge in [-0.1, -0.05) is 28.7 Å². The maximum atomic E-state index is 9.20. The molecule has 0 aromatic heterocycles. The van der Waals surface area contributed by atoms with Crippen LogP contribution in [0.25, 0.3) is 0 Å². The lowest BCUT2D eigenvalue weighted by Gasteiger charge is -2.12. The van der Waals surface area contributed by atoms with E-state index in [2.05, 4.69) is 28.7 Å². The van der Waals surface area contributed by atoms with Crippen LogP contribution in [-0.4, -0.2) is 32.2 Å². The molecule has 1 aliphatic carbocycles. The molecule has 4 heteroatoms. The smallest absolute Gasteiger partial charge is 0.146 e. The van der Waals surface area contributed by atoms with Gasteiger partial charge in [0.2, 0.25) is 0 Å². The van der Waals surface area contributed by atoms with Gasteiger partial charge in [-0.15, -0.1) is 0 Å². The van der Waals surface area contributed by atoms with Crippen molar-refractivity contribution < 1.29 is 14.6 Å². The number of methoxy groups -OCH3 is 1. The summed E-state index contributed by atoms with van der Waals surface area (Å²) in [5, 5.41) is 9.20. The molecule has 2 unspecified atom stereocenters. The average molecular weight is 298 g/mol. The van der Waals surface area contributed by atoms with Crippen LogP contribution in [0, 0.1) is 11.3 Å². The molecule has 0 saturated heterocycles. The molecule has 1 N–H and O–H groups in total. The molecular weight excluding hydrogens is 283 g/mol. The Morgan fingerprint density at radius 1 is 1.69 bits per heavy atom. The Bertz CT molecular complexity index is 184. The van der Waals surface area contributed by atoms with Crippen molar-refractivity contribution in [2.24, 2.45) is 11.3 Å². The third kappa shape index (κ3) is 2.90. The van der Waals surface area contributed by atoms with Crippen molar-refractivity contribution in [1.82, 2.24) is 0 Å². The van der Waals surface area contributed by atoms with Gasteiger partial charge in [0.25, 0.3) is 0 Å². The summed E-state index contributed by atoms with van der Waals surface area (Å²) in [5.41, 5.74) is -0.0276. The third-order valence-corrected chi connectivity index (χ3v) is 2.88. The van der Waals surface area contributed by atoms with Crippen molar-refractivity contribution >= 4 is 22.6 Å². The highest BCUT2D eigenvalue weighted by atomic mass is 127. The zero-order valence-corrected chi connectivity index (χ0v) is 9.86. The van der Waals surface area contributed by atoms with E-state index < -0.39 is 0 Å². The molecule has 0 aromatic carbocycles. The molecule has 0 aromatic rings. The zero-order chi connectivity index (χ0) is 9.73. The van der Waals surface area contributed by atoms with E-state index in [4.69, 9.17) is 9.47 Å². The van der Waals surface area contributed by atoms with Gasteiger partial charge in [-0.2, -0.15) is 0 Å². The molecular formula is C9H15IO3. The summed E-state index contributed by atoms with van der Waals surface area (Å²) in [6.45, 7) is 1.09. The van der Waals surface area contributed by atoms with Gasteiger partial charge in [0.15, 0.2) is 0 Å². The summed E-state index contributed by atoms with van der Waals surface area (Å²) in [6.07, 6.45) is 3.14. The van der Waals surface area contributed by atoms with E-state index in [1.165, 1.54) is 0 Å². The van der Waals surface area contributed by atoms with Gasteiger partial charge < -0.3 is 14.6 Å². The number of hydrogen-bond acceptors (Lipinski definition) is 3. The fourth-order valence-corrected chi connectivity index (χ4v) is 1.96. The topological polar surface area (TPSA) is 38.7 Å². The van der Waals surface area contributed by atoms with E-state index >= 15 is 0 Å². The average Bonchev–Trinajstić information content (AvgIpc) is 2.81. The van der Waals surface area contributed by atoms with Gasteiger partial charge in [-0.3, -0.25) is 0 Å². The van der Waals surface area contributed by atoms with Gasteiger partial charge in [-0.05, 0) is 16.4 Å². The minimum absolute atomic E-state index is 0.0276. The van der Waals surface area contributed by atoms with E-state index in [0.717, 1.165) is 6.42 Å². The first kappa shape index (κ1) is 11.4. The first-order valence-corrected chi connectivity index (χ1v) is 5.48. The first-order chi connectivity index (χ1) is 6.29. The van der Waals surface area contributed by atoms with Crippen LogP contribution in [0.1, 0.15) is 6.42 Å². The fourth-order valence-electron chi connectivity index (χ4n) is 1.46. The fraction of sp³-hybridized carbons (Fsp3) is 0.778. The molecule has 0 bridgehead atoms. The summed E-state index contributed by atoms with van der Waals surface area (Å²) in [4.78, 5) is 0. The van der Waals surface area contributed by atoms with Crippen LogP contribution in [0.15, 0.2) is 10.2 Å². The van der Waals surface area contributed by atoms with Gasteiger partial charge in [0.05, 0.1) is 13.2 Å². The number of rotatable bonds is 6. The number of ether oxygens (including phenoxy) is 2. The van der Waals surface area contributed by atoms with Crippen LogP contribution in [-0.2, 0) is 9.47 Å². The van der Waals surface area contributed by atoms with Crippen molar-refractivity contribution in [2.45, 2.75) is 6.42 Å². The second-order valence-corrected chi connectivity index (χ2v) is 4.12. The monoisotopic (exact) mass is 298 g/mol. The highest BCUT2D eigenvalue weighted by Gasteiger charge is 2.52. The summed E-state index contributed by atoms with van der Waals surface area (Å²) < 4.78 is 12.0. The third-order valence-electron chi connectivity index (χ3n) is 2.46. The Kier molecular flexibility index (Phi) is 4.64. The van der Waals surface area contributed by atoms with E-state index in [1.54, 1.807) is 7.11 Å². The second kappa shape index (κ2) is 5.29. The Morgan fingerprint density at radius 2 is 2.46 bits per heavy atom. The predicted octanol–water partition coefficient (Wildman–Crippen LogP) is 1.55. The maximum absolute atomic E-state index is 9.20. The number of aliphatic hydroxyl groups is 1. The normalized spacial score (nSPS) is 32.7. The first-order valence-electron chi connectivity index (χ1n) is 4.23. The van der Waals surface area contributed by atoms with Gasteiger partial charge in [0.1, 0.15) is 6.79 Å². The molecule has 3 nitrogen and oxygen atoms in total. The molecule has 2 atom stereocenters. The molecule has 76 valence electrons. The Labute approximate surface area is 92.2 Å². The van der Waals surface area contributed by atoms with E-state index in [-0.39, 0.29) is 12.0 Å². The number of aliphatic hydroxyl groups excluding tert-OH is 1. The van der Waals surface area contributed by atoms with Gasteiger partial charge in [-0.25, -0.2) is 0 Å². The standard InChI is InChI=1S/C9H15IO3/c1-12-7-13-6-9(5-11)4-8(9)2-3-10/h2-3,8,11H,4-7H2,1H3/b3-2+. The number of hydrogen-bond donors (Lipinski definition) is 1. The van der Waals surface area contributed by atoms with Crippen molar-refractivity contribution in [1.29, 1.82) is 0 Å².